The van der Waals surface area contributed by atoms with E-state index in [9.17, 15) is 0 Å². The highest BCUT2D eigenvalue weighted by Gasteiger charge is 2.23. The lowest BCUT2D eigenvalue weighted by atomic mass is 10.1. The summed E-state index contributed by atoms with van der Waals surface area (Å²) in [5.74, 6) is 0. The van der Waals surface area contributed by atoms with E-state index < -0.39 is 0 Å². The normalized spacial score (nSPS) is 29.8. The molecular weight excluding hydrogens is 192 g/mol. The van der Waals surface area contributed by atoms with Crippen LogP contribution in [0.5, 0.6) is 0 Å². The molecule has 12 heavy (non-hydrogen) atoms. The van der Waals surface area contributed by atoms with E-state index in [4.69, 9.17) is 21.7 Å². The molecule has 0 spiro atoms. The first-order valence-electron chi connectivity index (χ1n) is 4.10. The van der Waals surface area contributed by atoms with Crippen molar-refractivity contribution >= 4 is 28.4 Å². The summed E-state index contributed by atoms with van der Waals surface area (Å²) in [5, 5.41) is 0. The first-order valence-corrected chi connectivity index (χ1v) is 5.73. The van der Waals surface area contributed by atoms with Crippen molar-refractivity contribution in [2.45, 2.75) is 32.0 Å². The van der Waals surface area contributed by atoms with Crippen LogP contribution in [-0.4, -0.2) is 29.5 Å². The standard InChI is InChI=1S/C8H14O2S2/c1-6-7(4-3-5-9-6)10-8(11)12-2/h6-7H,3-5H2,1-2H3. The molecule has 70 valence electrons. The highest BCUT2D eigenvalue weighted by Crippen LogP contribution is 2.18. The van der Waals surface area contributed by atoms with E-state index in [1.54, 1.807) is 0 Å². The fourth-order valence-electron chi connectivity index (χ4n) is 1.22. The van der Waals surface area contributed by atoms with E-state index in [1.165, 1.54) is 11.8 Å². The van der Waals surface area contributed by atoms with E-state index in [2.05, 4.69) is 0 Å². The molecule has 0 aromatic heterocycles. The van der Waals surface area contributed by atoms with Crippen LogP contribution in [0, 0.1) is 0 Å². The second kappa shape index (κ2) is 5.04. The maximum atomic E-state index is 5.52. The van der Waals surface area contributed by atoms with Crippen LogP contribution in [0.25, 0.3) is 0 Å². The van der Waals surface area contributed by atoms with Gasteiger partial charge in [0.1, 0.15) is 6.10 Å². The van der Waals surface area contributed by atoms with E-state index in [1.807, 2.05) is 13.2 Å². The van der Waals surface area contributed by atoms with Crippen LogP contribution in [0.15, 0.2) is 0 Å². The number of ether oxygens (including phenoxy) is 2. The summed E-state index contributed by atoms with van der Waals surface area (Å²) in [6.07, 6.45) is 4.41. The first-order chi connectivity index (χ1) is 5.74. The van der Waals surface area contributed by atoms with Crippen molar-refractivity contribution in [1.29, 1.82) is 0 Å². The number of hydrogen-bond acceptors (Lipinski definition) is 4. The summed E-state index contributed by atoms with van der Waals surface area (Å²) < 4.78 is 11.6. The molecule has 2 atom stereocenters. The lowest BCUT2D eigenvalue weighted by Crippen LogP contribution is -2.34. The van der Waals surface area contributed by atoms with Crippen LogP contribution in [0.3, 0.4) is 0 Å². The van der Waals surface area contributed by atoms with Gasteiger partial charge in [-0.15, -0.1) is 0 Å². The monoisotopic (exact) mass is 206 g/mol. The molecule has 1 rings (SSSR count). The quantitative estimate of drug-likeness (QED) is 0.612. The summed E-state index contributed by atoms with van der Waals surface area (Å²) in [6, 6.07) is 0. The number of thioether (sulfide) groups is 1. The van der Waals surface area contributed by atoms with Crippen LogP contribution in [0.4, 0.5) is 0 Å². The summed E-state index contributed by atoms with van der Waals surface area (Å²) in [4.78, 5) is 0. The van der Waals surface area contributed by atoms with E-state index in [-0.39, 0.29) is 12.2 Å². The molecule has 2 nitrogen and oxygen atoms in total. The Labute approximate surface area is 83.0 Å². The minimum Gasteiger partial charge on any atom is -0.473 e. The molecule has 0 radical (unpaired) electrons. The van der Waals surface area contributed by atoms with Gasteiger partial charge in [0, 0.05) is 6.61 Å². The van der Waals surface area contributed by atoms with Gasteiger partial charge >= 0.3 is 0 Å². The zero-order valence-corrected chi connectivity index (χ0v) is 9.04. The van der Waals surface area contributed by atoms with Crippen molar-refractivity contribution in [2.75, 3.05) is 12.9 Å². The molecule has 0 bridgehead atoms. The van der Waals surface area contributed by atoms with Crippen LogP contribution in [0.1, 0.15) is 19.8 Å². The summed E-state index contributed by atoms with van der Waals surface area (Å²) >= 11 is 6.45. The van der Waals surface area contributed by atoms with Crippen molar-refractivity contribution in [3.8, 4) is 0 Å². The van der Waals surface area contributed by atoms with E-state index >= 15 is 0 Å². The molecule has 1 aliphatic rings. The molecule has 0 aromatic carbocycles. The lowest BCUT2D eigenvalue weighted by Gasteiger charge is -2.29. The van der Waals surface area contributed by atoms with Gasteiger partial charge in [0.15, 0.2) is 0 Å². The van der Waals surface area contributed by atoms with Crippen LogP contribution in [-0.2, 0) is 9.47 Å². The number of hydrogen-bond donors (Lipinski definition) is 0. The Balaban J connectivity index is 2.33. The molecule has 1 heterocycles. The largest absolute Gasteiger partial charge is 0.473 e. The first kappa shape index (κ1) is 10.3. The highest BCUT2D eigenvalue weighted by molar-refractivity contribution is 8.22. The fourth-order valence-corrected chi connectivity index (χ4v) is 1.57. The van der Waals surface area contributed by atoms with Gasteiger partial charge in [-0.3, -0.25) is 0 Å². The molecule has 1 fully saturated rings. The van der Waals surface area contributed by atoms with Crippen molar-refractivity contribution in [1.82, 2.24) is 0 Å². The Bertz CT molecular complexity index is 161. The topological polar surface area (TPSA) is 18.5 Å². The van der Waals surface area contributed by atoms with Gasteiger partial charge in [-0.05, 0) is 38.2 Å². The van der Waals surface area contributed by atoms with Gasteiger partial charge in [-0.1, -0.05) is 11.8 Å². The Morgan fingerprint density at radius 1 is 1.67 bits per heavy atom. The third-order valence-corrected chi connectivity index (χ3v) is 2.98. The van der Waals surface area contributed by atoms with Crippen LogP contribution >= 0.6 is 24.0 Å². The molecular formula is C8H14O2S2. The molecule has 0 saturated carbocycles. The van der Waals surface area contributed by atoms with Gasteiger partial charge in [0.2, 0.25) is 4.38 Å². The predicted molar refractivity (Wildman–Crippen MR) is 55.6 cm³/mol. The molecule has 0 aromatic rings. The maximum Gasteiger partial charge on any atom is 0.220 e. The molecule has 1 aliphatic heterocycles. The number of thiocarbonyl (C=S) groups is 1. The van der Waals surface area contributed by atoms with Crippen molar-refractivity contribution in [3.63, 3.8) is 0 Å². The van der Waals surface area contributed by atoms with Crippen LogP contribution < -0.4 is 0 Å². The number of rotatable bonds is 1. The van der Waals surface area contributed by atoms with Crippen LogP contribution in [0.2, 0.25) is 0 Å². The second-order valence-corrected chi connectivity index (χ2v) is 4.24. The molecule has 2 unspecified atom stereocenters. The Morgan fingerprint density at radius 2 is 2.42 bits per heavy atom. The molecule has 0 aliphatic carbocycles. The average Bonchev–Trinajstić information content (AvgIpc) is 2.09. The third kappa shape index (κ3) is 2.92. The zero-order chi connectivity index (χ0) is 8.97. The minimum absolute atomic E-state index is 0.165. The smallest absolute Gasteiger partial charge is 0.220 e. The fraction of sp³-hybridized carbons (Fsp3) is 0.875. The van der Waals surface area contributed by atoms with Gasteiger partial charge < -0.3 is 9.47 Å². The zero-order valence-electron chi connectivity index (χ0n) is 7.41. The van der Waals surface area contributed by atoms with Crippen molar-refractivity contribution < 1.29 is 9.47 Å². The third-order valence-electron chi connectivity index (χ3n) is 1.95. The Morgan fingerprint density at radius 3 is 3.00 bits per heavy atom. The summed E-state index contributed by atoms with van der Waals surface area (Å²) in [6.45, 7) is 2.89. The Kier molecular flexibility index (Phi) is 4.32. The minimum atomic E-state index is 0.165. The molecule has 0 amide bonds. The highest BCUT2D eigenvalue weighted by atomic mass is 32.2. The van der Waals surface area contributed by atoms with Gasteiger partial charge in [0.25, 0.3) is 0 Å². The van der Waals surface area contributed by atoms with E-state index in [0.29, 0.717) is 4.38 Å². The molecule has 1 saturated heterocycles. The summed E-state index contributed by atoms with van der Waals surface area (Å²) in [5.41, 5.74) is 0. The Hall–Kier alpha value is 0.200. The predicted octanol–water partition coefficient (Wildman–Crippen LogP) is 2.22. The van der Waals surface area contributed by atoms with Gasteiger partial charge in [-0.2, -0.15) is 0 Å². The average molecular weight is 206 g/mol. The second-order valence-electron chi connectivity index (χ2n) is 2.83. The van der Waals surface area contributed by atoms with Gasteiger partial charge in [0.05, 0.1) is 6.10 Å². The van der Waals surface area contributed by atoms with Gasteiger partial charge in [-0.25, -0.2) is 0 Å². The maximum absolute atomic E-state index is 5.52. The lowest BCUT2D eigenvalue weighted by molar-refractivity contribution is -0.0543. The summed E-state index contributed by atoms with van der Waals surface area (Å²) in [7, 11) is 0. The van der Waals surface area contributed by atoms with Crippen molar-refractivity contribution in [2.24, 2.45) is 0 Å². The molecule has 0 N–H and O–H groups in total. The SMILES string of the molecule is CSC(=S)OC1CCCOC1C. The molecule has 4 heteroatoms. The van der Waals surface area contributed by atoms with E-state index in [0.717, 1.165) is 19.4 Å². The van der Waals surface area contributed by atoms with Crippen molar-refractivity contribution in [3.05, 3.63) is 0 Å².